The number of rotatable bonds is 4. The summed E-state index contributed by atoms with van der Waals surface area (Å²) in [5, 5.41) is 14.0. The van der Waals surface area contributed by atoms with Crippen LogP contribution in [0.15, 0.2) is 58.7 Å². The van der Waals surface area contributed by atoms with Crippen molar-refractivity contribution in [2.45, 2.75) is 13.5 Å². The average molecular weight is 377 g/mol. The van der Waals surface area contributed by atoms with Crippen LogP contribution < -0.4 is 10.9 Å². The van der Waals surface area contributed by atoms with Crippen LogP contribution in [0.1, 0.15) is 5.01 Å². The molecule has 0 spiro atoms. The summed E-state index contributed by atoms with van der Waals surface area (Å²) in [7, 11) is 0. The molecule has 1 amide bonds. The van der Waals surface area contributed by atoms with E-state index >= 15 is 0 Å². The minimum absolute atomic E-state index is 0.212. The summed E-state index contributed by atoms with van der Waals surface area (Å²) >= 11 is 1.57. The topological polar surface area (TPSA) is 89.8 Å². The van der Waals surface area contributed by atoms with E-state index in [0.717, 1.165) is 20.9 Å². The van der Waals surface area contributed by atoms with E-state index in [9.17, 15) is 9.59 Å². The summed E-state index contributed by atoms with van der Waals surface area (Å²) in [4.78, 5) is 29.3. The zero-order chi connectivity index (χ0) is 18.8. The summed E-state index contributed by atoms with van der Waals surface area (Å²) in [5.41, 5.74) is 2.57. The van der Waals surface area contributed by atoms with Crippen LogP contribution in [-0.2, 0) is 11.3 Å². The van der Waals surface area contributed by atoms with Crippen LogP contribution in [0, 0.1) is 6.92 Å². The van der Waals surface area contributed by atoms with Gasteiger partial charge in [-0.05, 0) is 31.2 Å². The lowest BCUT2D eigenvalue weighted by atomic mass is 10.1. The van der Waals surface area contributed by atoms with Gasteiger partial charge < -0.3 is 5.32 Å². The summed E-state index contributed by atoms with van der Waals surface area (Å²) in [6, 6.07) is 14.3. The average Bonchev–Trinajstić information content (AvgIpc) is 3.11. The van der Waals surface area contributed by atoms with Crippen molar-refractivity contribution in [3.63, 3.8) is 0 Å². The smallest absolute Gasteiger partial charge is 0.278 e. The zero-order valence-corrected chi connectivity index (χ0v) is 15.2. The number of nitrogens with one attached hydrogen (secondary N) is 1. The predicted molar refractivity (Wildman–Crippen MR) is 105 cm³/mol. The van der Waals surface area contributed by atoms with E-state index < -0.39 is 0 Å². The van der Waals surface area contributed by atoms with Gasteiger partial charge in [-0.25, -0.2) is 9.67 Å². The fourth-order valence-electron chi connectivity index (χ4n) is 2.72. The second-order valence-electron chi connectivity index (χ2n) is 5.95. The van der Waals surface area contributed by atoms with E-state index in [0.29, 0.717) is 16.6 Å². The molecule has 0 radical (unpaired) electrons. The molecule has 2 aromatic carbocycles. The van der Waals surface area contributed by atoms with Crippen LogP contribution >= 0.6 is 11.3 Å². The lowest BCUT2D eigenvalue weighted by Crippen LogP contribution is -2.30. The number of nitrogens with zero attached hydrogens (tertiary/aromatic N) is 4. The molecule has 0 aliphatic carbocycles. The third-order valence-electron chi connectivity index (χ3n) is 3.98. The molecular formula is C19H15N5O2S. The minimum Gasteiger partial charge on any atom is -0.324 e. The van der Waals surface area contributed by atoms with Crippen molar-refractivity contribution in [1.82, 2.24) is 20.0 Å². The first kappa shape index (κ1) is 17.0. The van der Waals surface area contributed by atoms with Crippen LogP contribution in [0.25, 0.3) is 22.2 Å². The SMILES string of the molecule is Cc1nc(-c2cccc(NC(=O)Cn3nnc4ccccc4c3=O)c2)cs1. The molecule has 1 N–H and O–H groups in total. The van der Waals surface area contributed by atoms with Crippen molar-refractivity contribution in [3.05, 3.63) is 69.3 Å². The van der Waals surface area contributed by atoms with Gasteiger partial charge in [0.25, 0.3) is 5.56 Å². The maximum Gasteiger partial charge on any atom is 0.278 e. The molecule has 0 atom stereocenters. The molecule has 27 heavy (non-hydrogen) atoms. The van der Waals surface area contributed by atoms with Gasteiger partial charge in [-0.15, -0.1) is 16.4 Å². The Labute approximate surface area is 158 Å². The number of hydrogen-bond acceptors (Lipinski definition) is 6. The highest BCUT2D eigenvalue weighted by Crippen LogP contribution is 2.24. The van der Waals surface area contributed by atoms with Crippen LogP contribution in [0.5, 0.6) is 0 Å². The molecule has 0 fully saturated rings. The molecule has 7 nitrogen and oxygen atoms in total. The monoisotopic (exact) mass is 377 g/mol. The van der Waals surface area contributed by atoms with Crippen molar-refractivity contribution in [3.8, 4) is 11.3 Å². The standard InChI is InChI=1S/C19H15N5O2S/c1-12-20-17(11-27-12)13-5-4-6-14(9-13)21-18(25)10-24-19(26)15-7-2-3-8-16(15)22-23-24/h2-9,11H,10H2,1H3,(H,21,25). The molecule has 134 valence electrons. The fraction of sp³-hybridized carbons (Fsp3) is 0.105. The maximum absolute atomic E-state index is 12.4. The van der Waals surface area contributed by atoms with Gasteiger partial charge in [0.05, 0.1) is 16.1 Å². The van der Waals surface area contributed by atoms with Crippen molar-refractivity contribution in [2.24, 2.45) is 0 Å². The van der Waals surface area contributed by atoms with Gasteiger partial charge >= 0.3 is 0 Å². The molecule has 0 saturated heterocycles. The summed E-state index contributed by atoms with van der Waals surface area (Å²) in [6.45, 7) is 1.73. The van der Waals surface area contributed by atoms with Gasteiger partial charge in [0, 0.05) is 16.6 Å². The number of aromatic nitrogens is 4. The van der Waals surface area contributed by atoms with Gasteiger partial charge in [0.2, 0.25) is 5.91 Å². The summed E-state index contributed by atoms with van der Waals surface area (Å²) in [6.07, 6.45) is 0. The molecule has 0 bridgehead atoms. The number of thiazole rings is 1. The first-order valence-corrected chi connectivity index (χ1v) is 9.13. The maximum atomic E-state index is 12.4. The second-order valence-corrected chi connectivity index (χ2v) is 7.01. The molecule has 2 aromatic heterocycles. The largest absolute Gasteiger partial charge is 0.324 e. The van der Waals surface area contributed by atoms with Crippen molar-refractivity contribution < 1.29 is 4.79 Å². The molecule has 2 heterocycles. The molecular weight excluding hydrogens is 362 g/mol. The van der Waals surface area contributed by atoms with Crippen molar-refractivity contribution in [2.75, 3.05) is 5.32 Å². The van der Waals surface area contributed by atoms with E-state index in [-0.39, 0.29) is 18.0 Å². The number of aryl methyl sites for hydroxylation is 1. The molecule has 0 saturated carbocycles. The number of carbonyl (C=O) groups excluding carboxylic acids is 1. The van der Waals surface area contributed by atoms with Crippen LogP contribution in [0.3, 0.4) is 0 Å². The molecule has 4 rings (SSSR count). The van der Waals surface area contributed by atoms with Crippen molar-refractivity contribution in [1.29, 1.82) is 0 Å². The van der Waals surface area contributed by atoms with Gasteiger partial charge in [-0.2, -0.15) is 0 Å². The zero-order valence-electron chi connectivity index (χ0n) is 14.4. The predicted octanol–water partition coefficient (Wildman–Crippen LogP) is 2.86. The first-order chi connectivity index (χ1) is 13.1. The Bertz CT molecular complexity index is 1200. The van der Waals surface area contributed by atoms with Gasteiger partial charge in [0.15, 0.2) is 0 Å². The molecule has 4 aromatic rings. The molecule has 8 heteroatoms. The summed E-state index contributed by atoms with van der Waals surface area (Å²) < 4.78 is 1.06. The number of hydrogen-bond donors (Lipinski definition) is 1. The Balaban J connectivity index is 1.53. The summed E-state index contributed by atoms with van der Waals surface area (Å²) in [5.74, 6) is -0.353. The van der Waals surface area contributed by atoms with Gasteiger partial charge in [-0.3, -0.25) is 9.59 Å². The van der Waals surface area contributed by atoms with E-state index in [1.807, 2.05) is 30.5 Å². The van der Waals surface area contributed by atoms with Gasteiger partial charge in [0.1, 0.15) is 12.1 Å². The molecule has 0 unspecified atom stereocenters. The molecule has 0 aliphatic heterocycles. The second kappa shape index (κ2) is 7.08. The Morgan fingerprint density at radius 2 is 2.04 bits per heavy atom. The normalized spacial score (nSPS) is 10.9. The highest BCUT2D eigenvalue weighted by atomic mass is 32.1. The lowest BCUT2D eigenvalue weighted by Gasteiger charge is -2.08. The van der Waals surface area contributed by atoms with E-state index in [1.54, 1.807) is 41.7 Å². The number of carbonyl (C=O) groups is 1. The van der Waals surface area contributed by atoms with E-state index in [4.69, 9.17) is 0 Å². The number of amides is 1. The van der Waals surface area contributed by atoms with Crippen molar-refractivity contribution >= 4 is 33.8 Å². The third kappa shape index (κ3) is 3.61. The van der Waals surface area contributed by atoms with Crippen LogP contribution in [-0.4, -0.2) is 25.9 Å². The highest BCUT2D eigenvalue weighted by molar-refractivity contribution is 7.09. The highest BCUT2D eigenvalue weighted by Gasteiger charge is 2.10. The van der Waals surface area contributed by atoms with Gasteiger partial charge in [-0.1, -0.05) is 29.5 Å². The number of anilines is 1. The Hall–Kier alpha value is -3.39. The Kier molecular flexibility index (Phi) is 4.47. The number of fused-ring (bicyclic) bond motifs is 1. The Morgan fingerprint density at radius 3 is 2.85 bits per heavy atom. The van der Waals surface area contributed by atoms with Crippen LogP contribution in [0.4, 0.5) is 5.69 Å². The Morgan fingerprint density at radius 1 is 1.19 bits per heavy atom. The lowest BCUT2D eigenvalue weighted by molar-refractivity contribution is -0.117. The number of benzene rings is 2. The van der Waals surface area contributed by atoms with E-state index in [1.165, 1.54) is 0 Å². The first-order valence-electron chi connectivity index (χ1n) is 8.25. The minimum atomic E-state index is -0.353. The van der Waals surface area contributed by atoms with E-state index in [2.05, 4.69) is 20.6 Å². The quantitative estimate of drug-likeness (QED) is 0.591. The fourth-order valence-corrected chi connectivity index (χ4v) is 3.34. The van der Waals surface area contributed by atoms with Crippen LogP contribution in [0.2, 0.25) is 0 Å². The third-order valence-corrected chi connectivity index (χ3v) is 4.76. The molecule has 0 aliphatic rings.